The normalized spacial score (nSPS) is 26.3. The second-order valence-corrected chi connectivity index (χ2v) is 5.90. The summed E-state index contributed by atoms with van der Waals surface area (Å²) in [5.74, 6) is 1.75. The van der Waals surface area contributed by atoms with Crippen molar-refractivity contribution in [2.24, 2.45) is 0 Å². The number of nitrogens with zero attached hydrogens (tertiary/aromatic N) is 2. The molecule has 0 radical (unpaired) electrons. The predicted octanol–water partition coefficient (Wildman–Crippen LogP) is 2.32. The number of rotatable bonds is 3. The molecule has 0 spiro atoms. The molecule has 98 valence electrons. The Bertz CT molecular complexity index is 441. The van der Waals surface area contributed by atoms with Crippen LogP contribution < -0.4 is 10.2 Å². The van der Waals surface area contributed by atoms with E-state index in [4.69, 9.17) is 4.98 Å². The first-order valence-corrected chi connectivity index (χ1v) is 7.18. The van der Waals surface area contributed by atoms with Gasteiger partial charge >= 0.3 is 0 Å². The van der Waals surface area contributed by atoms with Gasteiger partial charge in [-0.1, -0.05) is 20.8 Å². The molecule has 0 amide bonds. The lowest BCUT2D eigenvalue weighted by Gasteiger charge is -2.29. The summed E-state index contributed by atoms with van der Waals surface area (Å²) in [6.45, 7) is 8.99. The average molecular weight is 245 g/mol. The number of aromatic nitrogens is 1. The van der Waals surface area contributed by atoms with Crippen LogP contribution in [0.5, 0.6) is 0 Å². The highest BCUT2D eigenvalue weighted by atomic mass is 15.3. The van der Waals surface area contributed by atoms with Crippen molar-refractivity contribution in [1.29, 1.82) is 0 Å². The molecule has 1 N–H and O–H groups in total. The Kier molecular flexibility index (Phi) is 3.02. The molecule has 2 atom stereocenters. The van der Waals surface area contributed by atoms with Crippen molar-refractivity contribution >= 4 is 5.82 Å². The van der Waals surface area contributed by atoms with Gasteiger partial charge in [-0.2, -0.15) is 0 Å². The number of piperazine rings is 1. The molecule has 2 aliphatic heterocycles. The standard InChI is InChI=1S/C15H23N3/c1-4-11-5-15(17-8-14(11)10(2)3)18-9-12-6-13(18)7-16-12/h5,8,10,12-13,16H,4,6-7,9H2,1-3H3/t12-,13-/m1/s1. The van der Waals surface area contributed by atoms with Crippen molar-refractivity contribution < 1.29 is 0 Å². The number of fused-ring (bicyclic) bond motifs is 2. The molecule has 18 heavy (non-hydrogen) atoms. The van der Waals surface area contributed by atoms with Crippen LogP contribution in [0, 0.1) is 0 Å². The van der Waals surface area contributed by atoms with Crippen LogP contribution in [0.4, 0.5) is 5.82 Å². The smallest absolute Gasteiger partial charge is 0.129 e. The van der Waals surface area contributed by atoms with E-state index in [2.05, 4.69) is 43.3 Å². The maximum Gasteiger partial charge on any atom is 0.129 e. The van der Waals surface area contributed by atoms with Gasteiger partial charge in [0.25, 0.3) is 0 Å². The van der Waals surface area contributed by atoms with Crippen molar-refractivity contribution in [2.45, 2.75) is 51.6 Å². The molecule has 3 nitrogen and oxygen atoms in total. The molecule has 2 fully saturated rings. The van der Waals surface area contributed by atoms with Gasteiger partial charge in [-0.15, -0.1) is 0 Å². The van der Waals surface area contributed by atoms with Crippen LogP contribution in [0.2, 0.25) is 0 Å². The maximum atomic E-state index is 4.71. The Labute approximate surface area is 110 Å². The fourth-order valence-electron chi connectivity index (χ4n) is 3.32. The molecular formula is C15H23N3. The molecule has 1 aromatic rings. The third-order valence-corrected chi connectivity index (χ3v) is 4.36. The summed E-state index contributed by atoms with van der Waals surface area (Å²) < 4.78 is 0. The zero-order chi connectivity index (χ0) is 12.7. The first kappa shape index (κ1) is 12.0. The van der Waals surface area contributed by atoms with Gasteiger partial charge in [0.2, 0.25) is 0 Å². The Morgan fingerprint density at radius 2 is 2.33 bits per heavy atom. The summed E-state index contributed by atoms with van der Waals surface area (Å²) in [6.07, 6.45) is 4.48. The zero-order valence-corrected chi connectivity index (χ0v) is 11.6. The number of hydrogen-bond acceptors (Lipinski definition) is 3. The zero-order valence-electron chi connectivity index (χ0n) is 11.6. The molecule has 0 aromatic carbocycles. The van der Waals surface area contributed by atoms with Crippen LogP contribution >= 0.6 is 0 Å². The van der Waals surface area contributed by atoms with Gasteiger partial charge in [-0.05, 0) is 36.0 Å². The van der Waals surface area contributed by atoms with Crippen molar-refractivity contribution in [3.05, 3.63) is 23.4 Å². The van der Waals surface area contributed by atoms with Crippen LogP contribution in [0.1, 0.15) is 44.2 Å². The van der Waals surface area contributed by atoms with E-state index in [0.29, 0.717) is 18.0 Å². The summed E-state index contributed by atoms with van der Waals surface area (Å²) in [6, 6.07) is 3.67. The highest BCUT2D eigenvalue weighted by Gasteiger charge is 2.38. The number of aryl methyl sites for hydroxylation is 1. The molecule has 3 heterocycles. The number of anilines is 1. The van der Waals surface area contributed by atoms with Gasteiger partial charge in [0, 0.05) is 31.4 Å². The molecule has 0 aliphatic carbocycles. The third kappa shape index (κ3) is 1.91. The molecule has 2 bridgehead atoms. The summed E-state index contributed by atoms with van der Waals surface area (Å²) >= 11 is 0. The minimum absolute atomic E-state index is 0.568. The quantitative estimate of drug-likeness (QED) is 0.886. The Hall–Kier alpha value is -1.09. The van der Waals surface area contributed by atoms with Crippen LogP contribution in [-0.2, 0) is 6.42 Å². The first-order chi connectivity index (χ1) is 8.69. The number of pyridine rings is 1. The topological polar surface area (TPSA) is 28.2 Å². The number of hydrogen-bond donors (Lipinski definition) is 1. The van der Waals surface area contributed by atoms with E-state index in [9.17, 15) is 0 Å². The van der Waals surface area contributed by atoms with Crippen LogP contribution in [-0.4, -0.2) is 30.2 Å². The Morgan fingerprint density at radius 3 is 2.89 bits per heavy atom. The summed E-state index contributed by atoms with van der Waals surface area (Å²) in [5, 5.41) is 3.54. The lowest BCUT2D eigenvalue weighted by atomic mass is 9.98. The van der Waals surface area contributed by atoms with E-state index in [1.54, 1.807) is 0 Å². The van der Waals surface area contributed by atoms with Gasteiger partial charge in [0.1, 0.15) is 5.82 Å². The molecule has 1 aromatic heterocycles. The number of nitrogens with one attached hydrogen (secondary N) is 1. The largest absolute Gasteiger partial charge is 0.351 e. The lowest BCUT2D eigenvalue weighted by molar-refractivity contribution is 0.576. The van der Waals surface area contributed by atoms with Crippen molar-refractivity contribution in [3.63, 3.8) is 0 Å². The molecule has 2 saturated heterocycles. The first-order valence-electron chi connectivity index (χ1n) is 7.18. The maximum absolute atomic E-state index is 4.71. The lowest BCUT2D eigenvalue weighted by Crippen LogP contribution is -2.44. The second kappa shape index (κ2) is 4.54. The van der Waals surface area contributed by atoms with Gasteiger partial charge in [-0.25, -0.2) is 4.98 Å². The van der Waals surface area contributed by atoms with Crippen molar-refractivity contribution in [1.82, 2.24) is 10.3 Å². The van der Waals surface area contributed by atoms with E-state index in [1.807, 2.05) is 0 Å². The second-order valence-electron chi connectivity index (χ2n) is 5.90. The molecule has 0 unspecified atom stereocenters. The summed E-state index contributed by atoms with van der Waals surface area (Å²) in [4.78, 5) is 7.20. The molecule has 3 heteroatoms. The highest BCUT2D eigenvalue weighted by Crippen LogP contribution is 2.30. The van der Waals surface area contributed by atoms with Crippen LogP contribution in [0.3, 0.4) is 0 Å². The Morgan fingerprint density at radius 1 is 1.50 bits per heavy atom. The van der Waals surface area contributed by atoms with Gasteiger partial charge < -0.3 is 10.2 Å². The summed E-state index contributed by atoms with van der Waals surface area (Å²) in [7, 11) is 0. The summed E-state index contributed by atoms with van der Waals surface area (Å²) in [5.41, 5.74) is 2.87. The predicted molar refractivity (Wildman–Crippen MR) is 75.2 cm³/mol. The van der Waals surface area contributed by atoms with Crippen LogP contribution in [0.15, 0.2) is 12.3 Å². The fraction of sp³-hybridized carbons (Fsp3) is 0.667. The van der Waals surface area contributed by atoms with E-state index in [0.717, 1.165) is 19.5 Å². The van der Waals surface area contributed by atoms with Gasteiger partial charge in [0.15, 0.2) is 0 Å². The fourth-order valence-corrected chi connectivity index (χ4v) is 3.32. The minimum atomic E-state index is 0.568. The molecule has 2 aliphatic rings. The minimum Gasteiger partial charge on any atom is -0.351 e. The van der Waals surface area contributed by atoms with Gasteiger partial charge in [-0.3, -0.25) is 0 Å². The molecular weight excluding hydrogens is 222 g/mol. The van der Waals surface area contributed by atoms with Crippen molar-refractivity contribution in [3.8, 4) is 0 Å². The highest BCUT2D eigenvalue weighted by molar-refractivity contribution is 5.48. The molecule has 3 rings (SSSR count). The Balaban J connectivity index is 1.89. The van der Waals surface area contributed by atoms with E-state index < -0.39 is 0 Å². The van der Waals surface area contributed by atoms with E-state index in [-0.39, 0.29) is 0 Å². The third-order valence-electron chi connectivity index (χ3n) is 4.36. The van der Waals surface area contributed by atoms with E-state index >= 15 is 0 Å². The van der Waals surface area contributed by atoms with Crippen LogP contribution in [0.25, 0.3) is 0 Å². The average Bonchev–Trinajstić information content (AvgIpc) is 3.00. The van der Waals surface area contributed by atoms with Gasteiger partial charge in [0.05, 0.1) is 0 Å². The SMILES string of the molecule is CCc1cc(N2C[C@H]3C[C@@H]2CN3)ncc1C(C)C. The molecule has 0 saturated carbocycles. The van der Waals surface area contributed by atoms with Crippen molar-refractivity contribution in [2.75, 3.05) is 18.0 Å². The monoisotopic (exact) mass is 245 g/mol. The van der Waals surface area contributed by atoms with E-state index in [1.165, 1.54) is 23.4 Å².